The van der Waals surface area contributed by atoms with E-state index in [4.69, 9.17) is 16.3 Å². The van der Waals surface area contributed by atoms with Crippen LogP contribution in [-0.2, 0) is 11.3 Å². The van der Waals surface area contributed by atoms with Gasteiger partial charge in [0.25, 0.3) is 5.91 Å². The van der Waals surface area contributed by atoms with E-state index >= 15 is 0 Å². The summed E-state index contributed by atoms with van der Waals surface area (Å²) < 4.78 is 4.73. The molecule has 0 spiro atoms. The van der Waals surface area contributed by atoms with Gasteiger partial charge in [-0.05, 0) is 35.9 Å². The van der Waals surface area contributed by atoms with E-state index in [9.17, 15) is 9.59 Å². The first kappa shape index (κ1) is 19.4. The first-order valence-corrected chi connectivity index (χ1v) is 8.88. The van der Waals surface area contributed by atoms with Gasteiger partial charge in [0.1, 0.15) is 5.82 Å². The van der Waals surface area contributed by atoms with E-state index in [0.717, 1.165) is 5.56 Å². The van der Waals surface area contributed by atoms with Gasteiger partial charge in [-0.3, -0.25) is 4.79 Å². The van der Waals surface area contributed by atoms with Gasteiger partial charge in [0.05, 0.1) is 23.9 Å². The van der Waals surface area contributed by atoms with Crippen molar-refractivity contribution in [1.29, 1.82) is 0 Å². The smallest absolute Gasteiger partial charge is 0.339 e. The number of anilines is 2. The van der Waals surface area contributed by atoms with Crippen LogP contribution in [0.1, 0.15) is 26.3 Å². The molecule has 6 nitrogen and oxygen atoms in total. The van der Waals surface area contributed by atoms with E-state index < -0.39 is 5.97 Å². The van der Waals surface area contributed by atoms with Crippen LogP contribution in [0.15, 0.2) is 66.9 Å². The summed E-state index contributed by atoms with van der Waals surface area (Å²) in [6.45, 7) is 0.519. The summed E-state index contributed by atoms with van der Waals surface area (Å²) in [5, 5.41) is 6.55. The van der Waals surface area contributed by atoms with E-state index in [1.54, 1.807) is 36.4 Å². The number of carbonyl (C=O) groups is 2. The number of nitrogens with one attached hydrogen (secondary N) is 2. The molecule has 0 bridgehead atoms. The van der Waals surface area contributed by atoms with Crippen molar-refractivity contribution in [2.24, 2.45) is 0 Å². The molecule has 1 amide bonds. The highest BCUT2D eigenvalue weighted by molar-refractivity contribution is 6.31. The standard InChI is InChI=1S/C21H18ClN3O3/c1-28-21(27)16-7-3-5-9-18(16)25-20(26)15-10-11-19(24-13-15)23-12-14-6-2-4-8-17(14)22/h2-11,13H,12H2,1H3,(H,23,24)(H,25,26). The lowest BCUT2D eigenvalue weighted by Gasteiger charge is -2.10. The summed E-state index contributed by atoms with van der Waals surface area (Å²) in [6.07, 6.45) is 1.46. The fourth-order valence-corrected chi connectivity index (χ4v) is 2.74. The van der Waals surface area contributed by atoms with Crippen molar-refractivity contribution >= 4 is 35.0 Å². The Morgan fingerprint density at radius 1 is 1.04 bits per heavy atom. The minimum atomic E-state index is -0.520. The number of esters is 1. The Bertz CT molecular complexity index is 990. The summed E-state index contributed by atoms with van der Waals surface area (Å²) in [7, 11) is 1.29. The molecular formula is C21H18ClN3O3. The van der Waals surface area contributed by atoms with Crippen molar-refractivity contribution in [1.82, 2.24) is 4.98 Å². The number of benzene rings is 2. The van der Waals surface area contributed by atoms with Crippen LogP contribution in [0.5, 0.6) is 0 Å². The summed E-state index contributed by atoms with van der Waals surface area (Å²) in [4.78, 5) is 28.5. The van der Waals surface area contributed by atoms with Crippen molar-refractivity contribution in [3.8, 4) is 0 Å². The summed E-state index contributed by atoms with van der Waals surface area (Å²) in [5.41, 5.74) is 1.97. The summed E-state index contributed by atoms with van der Waals surface area (Å²) in [5.74, 6) is -0.277. The molecule has 3 rings (SSSR count). The van der Waals surface area contributed by atoms with Crippen molar-refractivity contribution in [3.63, 3.8) is 0 Å². The highest BCUT2D eigenvalue weighted by atomic mass is 35.5. The quantitative estimate of drug-likeness (QED) is 0.605. The fraction of sp³-hybridized carbons (Fsp3) is 0.0952. The lowest BCUT2D eigenvalue weighted by Crippen LogP contribution is -2.15. The number of carbonyl (C=O) groups excluding carboxylic acids is 2. The van der Waals surface area contributed by atoms with E-state index in [1.165, 1.54) is 13.3 Å². The molecule has 0 fully saturated rings. The Morgan fingerprint density at radius 2 is 1.79 bits per heavy atom. The highest BCUT2D eigenvalue weighted by Crippen LogP contribution is 2.18. The maximum atomic E-state index is 12.5. The highest BCUT2D eigenvalue weighted by Gasteiger charge is 2.14. The SMILES string of the molecule is COC(=O)c1ccccc1NC(=O)c1ccc(NCc2ccccc2Cl)nc1. The number of ether oxygens (including phenoxy) is 1. The second-order valence-corrected chi connectivity index (χ2v) is 6.28. The van der Waals surface area contributed by atoms with E-state index in [2.05, 4.69) is 15.6 Å². The molecule has 0 atom stereocenters. The van der Waals surface area contributed by atoms with Gasteiger partial charge in [0, 0.05) is 17.8 Å². The third kappa shape index (κ3) is 4.66. The Morgan fingerprint density at radius 3 is 2.50 bits per heavy atom. The van der Waals surface area contributed by atoms with Gasteiger partial charge >= 0.3 is 5.97 Å². The van der Waals surface area contributed by atoms with Crippen molar-refractivity contribution in [2.45, 2.75) is 6.54 Å². The molecule has 0 aliphatic heterocycles. The fourth-order valence-electron chi connectivity index (χ4n) is 2.53. The van der Waals surface area contributed by atoms with Gasteiger partial charge in [-0.1, -0.05) is 41.9 Å². The first-order valence-electron chi connectivity index (χ1n) is 8.50. The van der Waals surface area contributed by atoms with Crippen molar-refractivity contribution in [3.05, 3.63) is 88.6 Å². The van der Waals surface area contributed by atoms with Crippen molar-refractivity contribution in [2.75, 3.05) is 17.7 Å². The van der Waals surface area contributed by atoms with E-state index in [0.29, 0.717) is 28.6 Å². The third-order valence-electron chi connectivity index (χ3n) is 4.02. The lowest BCUT2D eigenvalue weighted by molar-refractivity contribution is 0.0602. The van der Waals surface area contributed by atoms with Crippen LogP contribution >= 0.6 is 11.6 Å². The predicted octanol–water partition coefficient (Wildman–Crippen LogP) is 4.39. The maximum Gasteiger partial charge on any atom is 0.339 e. The molecule has 0 aliphatic rings. The van der Waals surface area contributed by atoms with Crippen LogP contribution in [0, 0.1) is 0 Å². The normalized spacial score (nSPS) is 10.2. The number of rotatable bonds is 6. The molecule has 0 radical (unpaired) electrons. The predicted molar refractivity (Wildman–Crippen MR) is 109 cm³/mol. The minimum absolute atomic E-state index is 0.282. The summed E-state index contributed by atoms with van der Waals surface area (Å²) in [6, 6.07) is 17.5. The number of para-hydroxylation sites is 1. The Kier molecular flexibility index (Phi) is 6.24. The van der Waals surface area contributed by atoms with Crippen LogP contribution in [0.4, 0.5) is 11.5 Å². The number of methoxy groups -OCH3 is 1. The zero-order valence-corrected chi connectivity index (χ0v) is 15.9. The lowest BCUT2D eigenvalue weighted by atomic mass is 10.1. The largest absolute Gasteiger partial charge is 0.465 e. The van der Waals surface area contributed by atoms with Gasteiger partial charge in [-0.2, -0.15) is 0 Å². The second kappa shape index (κ2) is 9.01. The number of hydrogen-bond acceptors (Lipinski definition) is 5. The number of hydrogen-bond donors (Lipinski definition) is 2. The number of aromatic nitrogens is 1. The molecule has 0 saturated carbocycles. The van der Waals surface area contributed by atoms with Crippen LogP contribution < -0.4 is 10.6 Å². The van der Waals surface area contributed by atoms with Crippen LogP contribution in [0.3, 0.4) is 0 Å². The average molecular weight is 396 g/mol. The molecule has 1 aromatic heterocycles. The Balaban J connectivity index is 1.66. The number of nitrogens with zero attached hydrogens (tertiary/aromatic N) is 1. The van der Waals surface area contributed by atoms with Crippen LogP contribution in [-0.4, -0.2) is 24.0 Å². The zero-order valence-electron chi connectivity index (χ0n) is 15.1. The Labute approximate surface area is 167 Å². The molecule has 1 heterocycles. The van der Waals surface area contributed by atoms with Gasteiger partial charge in [0.15, 0.2) is 0 Å². The van der Waals surface area contributed by atoms with E-state index in [1.807, 2.05) is 24.3 Å². The van der Waals surface area contributed by atoms with Gasteiger partial charge in [-0.15, -0.1) is 0 Å². The molecule has 0 aliphatic carbocycles. The Hall–Kier alpha value is -3.38. The zero-order chi connectivity index (χ0) is 19.9. The molecule has 3 aromatic rings. The number of pyridine rings is 1. The topological polar surface area (TPSA) is 80.3 Å². The van der Waals surface area contributed by atoms with Crippen LogP contribution in [0.2, 0.25) is 5.02 Å². The third-order valence-corrected chi connectivity index (χ3v) is 4.39. The van der Waals surface area contributed by atoms with E-state index in [-0.39, 0.29) is 11.5 Å². The molecule has 2 aromatic carbocycles. The van der Waals surface area contributed by atoms with Crippen molar-refractivity contribution < 1.29 is 14.3 Å². The second-order valence-electron chi connectivity index (χ2n) is 5.87. The molecule has 0 unspecified atom stereocenters. The number of amides is 1. The average Bonchev–Trinajstić information content (AvgIpc) is 2.73. The maximum absolute atomic E-state index is 12.5. The summed E-state index contributed by atoms with van der Waals surface area (Å²) >= 11 is 6.13. The van der Waals surface area contributed by atoms with Crippen LogP contribution in [0.25, 0.3) is 0 Å². The van der Waals surface area contributed by atoms with Gasteiger partial charge in [0.2, 0.25) is 0 Å². The van der Waals surface area contributed by atoms with Gasteiger partial charge in [-0.25, -0.2) is 9.78 Å². The van der Waals surface area contributed by atoms with Gasteiger partial charge < -0.3 is 15.4 Å². The molecular weight excluding hydrogens is 378 g/mol. The molecule has 142 valence electrons. The monoisotopic (exact) mass is 395 g/mol. The molecule has 28 heavy (non-hydrogen) atoms. The first-order chi connectivity index (χ1) is 13.6. The molecule has 0 saturated heterocycles. The number of halogens is 1. The molecule has 7 heteroatoms. The minimum Gasteiger partial charge on any atom is -0.465 e. The molecule has 2 N–H and O–H groups in total.